The molecule has 0 fully saturated rings. The summed E-state index contributed by atoms with van der Waals surface area (Å²) in [6.07, 6.45) is 5.58. The monoisotopic (exact) mass is 327 g/mol. The van der Waals surface area contributed by atoms with Crippen molar-refractivity contribution in [1.82, 2.24) is 24.2 Å². The first-order valence-electron chi connectivity index (χ1n) is 6.33. The molecular weight excluding hydrogens is 309 g/mol. The number of rotatable bonds is 4. The van der Waals surface area contributed by atoms with Gasteiger partial charge in [0, 0.05) is 19.3 Å². The molecule has 0 amide bonds. The van der Waals surface area contributed by atoms with Crippen LogP contribution < -0.4 is 0 Å². The van der Waals surface area contributed by atoms with E-state index >= 15 is 0 Å². The molecule has 3 aromatic rings. The van der Waals surface area contributed by atoms with Crippen molar-refractivity contribution < 1.29 is 0 Å². The lowest BCUT2D eigenvalue weighted by Gasteiger charge is -2.11. The Hall–Kier alpha value is -1.56. The van der Waals surface area contributed by atoms with E-state index in [0.29, 0.717) is 0 Å². The zero-order valence-electron chi connectivity index (χ0n) is 12.0. The third-order valence-electron chi connectivity index (χ3n) is 3.26. The van der Waals surface area contributed by atoms with Gasteiger partial charge < -0.3 is 9.47 Å². The average molecular weight is 328 g/mol. The van der Waals surface area contributed by atoms with Gasteiger partial charge in [0.05, 0.1) is 11.2 Å². The van der Waals surface area contributed by atoms with Crippen molar-refractivity contribution >= 4 is 35.7 Å². The predicted molar refractivity (Wildman–Crippen MR) is 89.9 cm³/mol. The third-order valence-corrected chi connectivity index (χ3v) is 3.26. The molecule has 0 aliphatic heterocycles. The van der Waals surface area contributed by atoms with Gasteiger partial charge in [-0.3, -0.25) is 4.57 Å². The van der Waals surface area contributed by atoms with E-state index in [-0.39, 0.29) is 24.8 Å². The van der Waals surface area contributed by atoms with Crippen molar-refractivity contribution in [2.45, 2.75) is 6.54 Å². The van der Waals surface area contributed by atoms with Gasteiger partial charge in [-0.2, -0.15) is 0 Å². The molecule has 0 radical (unpaired) electrons. The molecular formula is C14H19Cl2N5. The van der Waals surface area contributed by atoms with Crippen LogP contribution in [0, 0.1) is 0 Å². The van der Waals surface area contributed by atoms with Crippen LogP contribution in [-0.2, 0) is 6.54 Å². The normalized spacial score (nSPS) is 10.4. The molecule has 0 aliphatic carbocycles. The molecule has 0 bridgehead atoms. The van der Waals surface area contributed by atoms with Crippen LogP contribution in [0.2, 0.25) is 0 Å². The molecule has 1 aromatic carbocycles. The largest absolute Gasteiger partial charge is 0.346 e. The Labute approximate surface area is 136 Å². The minimum absolute atomic E-state index is 0. The van der Waals surface area contributed by atoms with Crippen LogP contribution in [0.3, 0.4) is 0 Å². The second kappa shape index (κ2) is 7.45. The first kappa shape index (κ1) is 17.5. The lowest BCUT2D eigenvalue weighted by Crippen LogP contribution is -2.17. The summed E-state index contributed by atoms with van der Waals surface area (Å²) in [6.45, 7) is 2.02. The van der Waals surface area contributed by atoms with Crippen molar-refractivity contribution in [2.24, 2.45) is 0 Å². The highest BCUT2D eigenvalue weighted by Crippen LogP contribution is 2.19. The molecule has 3 rings (SSSR count). The van der Waals surface area contributed by atoms with Crippen LogP contribution in [0.15, 0.2) is 43.1 Å². The predicted octanol–water partition coefficient (Wildman–Crippen LogP) is 2.63. The first-order valence-corrected chi connectivity index (χ1v) is 6.33. The Kier molecular flexibility index (Phi) is 6.20. The summed E-state index contributed by atoms with van der Waals surface area (Å²) in [5.74, 6) is 0. The van der Waals surface area contributed by atoms with Crippen LogP contribution in [0.4, 0.5) is 0 Å². The number of benzene rings is 1. The first-order chi connectivity index (χ1) is 9.24. The number of fused-ring (bicyclic) bond motifs is 1. The Morgan fingerprint density at radius 1 is 1.05 bits per heavy atom. The molecule has 21 heavy (non-hydrogen) atoms. The van der Waals surface area contributed by atoms with Crippen molar-refractivity contribution in [3.05, 3.63) is 43.1 Å². The Morgan fingerprint density at radius 2 is 1.76 bits per heavy atom. The van der Waals surface area contributed by atoms with Gasteiger partial charge in [-0.1, -0.05) is 6.07 Å². The molecule has 0 saturated carbocycles. The zero-order valence-corrected chi connectivity index (χ0v) is 13.6. The summed E-state index contributed by atoms with van der Waals surface area (Å²) in [5.41, 5.74) is 2.33. The number of nitrogens with zero attached hydrogens (tertiary/aromatic N) is 5. The quantitative estimate of drug-likeness (QED) is 0.739. The van der Waals surface area contributed by atoms with E-state index in [0.717, 1.165) is 18.8 Å². The maximum absolute atomic E-state index is 3.85. The molecule has 0 N–H and O–H groups in total. The molecule has 0 atom stereocenters. The van der Waals surface area contributed by atoms with E-state index in [2.05, 4.69) is 64.2 Å². The Bertz CT molecular complexity index is 676. The summed E-state index contributed by atoms with van der Waals surface area (Å²) in [4.78, 5) is 2.19. The topological polar surface area (TPSA) is 38.9 Å². The van der Waals surface area contributed by atoms with Crippen LogP contribution in [-0.4, -0.2) is 44.9 Å². The fourth-order valence-corrected chi connectivity index (χ4v) is 2.17. The smallest absolute Gasteiger partial charge is 0.123 e. The molecule has 5 nitrogen and oxygen atoms in total. The van der Waals surface area contributed by atoms with Gasteiger partial charge in [-0.05, 0) is 37.7 Å². The second-order valence-electron chi connectivity index (χ2n) is 4.92. The van der Waals surface area contributed by atoms with Crippen molar-refractivity contribution in [1.29, 1.82) is 0 Å². The molecule has 2 heterocycles. The standard InChI is InChI=1S/C14H17N5.2ClH/c1-17(2)7-8-18-6-5-12-3-4-13(9-14(12)18)19-10-15-16-11-19;;/h3-6,9-11H,7-8H2,1-2H3;2*1H. The van der Waals surface area contributed by atoms with Gasteiger partial charge >= 0.3 is 0 Å². The second-order valence-corrected chi connectivity index (χ2v) is 4.92. The van der Waals surface area contributed by atoms with Crippen LogP contribution in [0.1, 0.15) is 0 Å². The number of hydrogen-bond donors (Lipinski definition) is 0. The van der Waals surface area contributed by atoms with Crippen LogP contribution in [0.5, 0.6) is 0 Å². The highest BCUT2D eigenvalue weighted by atomic mass is 35.5. The highest BCUT2D eigenvalue weighted by molar-refractivity contribution is 5.85. The van der Waals surface area contributed by atoms with Crippen LogP contribution in [0.25, 0.3) is 16.6 Å². The van der Waals surface area contributed by atoms with Gasteiger partial charge in [0.15, 0.2) is 0 Å². The Balaban J connectivity index is 0.00000110. The fraction of sp³-hybridized carbons (Fsp3) is 0.286. The lowest BCUT2D eigenvalue weighted by molar-refractivity contribution is 0.387. The number of likely N-dealkylation sites (N-methyl/N-ethyl adjacent to an activating group) is 1. The maximum atomic E-state index is 3.85. The van der Waals surface area contributed by atoms with Crippen molar-refractivity contribution in [3.63, 3.8) is 0 Å². The molecule has 114 valence electrons. The maximum Gasteiger partial charge on any atom is 0.123 e. The van der Waals surface area contributed by atoms with E-state index in [4.69, 9.17) is 0 Å². The van der Waals surface area contributed by atoms with Gasteiger partial charge in [0.2, 0.25) is 0 Å². The SMILES string of the molecule is CN(C)CCn1ccc2ccc(-n3cnnc3)cc21.Cl.Cl. The molecule has 0 aliphatic rings. The Morgan fingerprint density at radius 3 is 2.43 bits per heavy atom. The third kappa shape index (κ3) is 3.75. The van der Waals surface area contributed by atoms with E-state index in [1.807, 2.05) is 4.57 Å². The number of hydrogen-bond acceptors (Lipinski definition) is 3. The van der Waals surface area contributed by atoms with E-state index < -0.39 is 0 Å². The number of aromatic nitrogens is 4. The molecule has 0 unspecified atom stereocenters. The molecule has 0 saturated heterocycles. The average Bonchev–Trinajstić information content (AvgIpc) is 3.05. The van der Waals surface area contributed by atoms with Gasteiger partial charge in [0.1, 0.15) is 12.7 Å². The number of halogens is 2. The van der Waals surface area contributed by atoms with Gasteiger partial charge in [0.25, 0.3) is 0 Å². The molecule has 7 heteroatoms. The van der Waals surface area contributed by atoms with Gasteiger partial charge in [-0.25, -0.2) is 0 Å². The van der Waals surface area contributed by atoms with Gasteiger partial charge in [-0.15, -0.1) is 35.0 Å². The highest BCUT2D eigenvalue weighted by Gasteiger charge is 2.04. The zero-order chi connectivity index (χ0) is 13.2. The summed E-state index contributed by atoms with van der Waals surface area (Å²) in [6, 6.07) is 8.55. The molecule has 2 aromatic heterocycles. The lowest BCUT2D eigenvalue weighted by atomic mass is 10.2. The summed E-state index contributed by atoms with van der Waals surface area (Å²) < 4.78 is 4.20. The molecule has 0 spiro atoms. The van der Waals surface area contributed by atoms with Crippen molar-refractivity contribution in [3.8, 4) is 5.69 Å². The minimum atomic E-state index is 0. The minimum Gasteiger partial charge on any atom is -0.346 e. The fourth-order valence-electron chi connectivity index (χ4n) is 2.17. The van der Waals surface area contributed by atoms with E-state index in [1.165, 1.54) is 10.9 Å². The van der Waals surface area contributed by atoms with Crippen LogP contribution >= 0.6 is 24.8 Å². The van der Waals surface area contributed by atoms with E-state index in [1.54, 1.807) is 12.7 Å². The van der Waals surface area contributed by atoms with E-state index in [9.17, 15) is 0 Å². The van der Waals surface area contributed by atoms with Crippen molar-refractivity contribution in [2.75, 3.05) is 20.6 Å². The summed E-state index contributed by atoms with van der Waals surface area (Å²) in [7, 11) is 4.18. The summed E-state index contributed by atoms with van der Waals surface area (Å²) >= 11 is 0. The summed E-state index contributed by atoms with van der Waals surface area (Å²) in [5, 5.41) is 8.96.